The third kappa shape index (κ3) is 15.1. The van der Waals surface area contributed by atoms with E-state index in [4.69, 9.17) is 49.4 Å². The molecule has 3 heterocycles. The molecule has 1 saturated heterocycles. The van der Waals surface area contributed by atoms with E-state index in [0.29, 0.717) is 50.0 Å². The lowest BCUT2D eigenvalue weighted by molar-refractivity contribution is -0.289. The summed E-state index contributed by atoms with van der Waals surface area (Å²) in [5.41, 5.74) is 16.9. The molecule has 0 unspecified atom stereocenters. The first-order valence-electron chi connectivity index (χ1n) is 21.4. The number of rotatable bonds is 20. The molecule has 1 fully saturated rings. The Morgan fingerprint density at radius 1 is 0.781 bits per heavy atom. The highest BCUT2D eigenvalue weighted by Crippen LogP contribution is 2.35. The molecular weight excluding hydrogens is 829 g/mol. The number of nitrogens with zero attached hydrogens (tertiary/aromatic N) is 3. The summed E-state index contributed by atoms with van der Waals surface area (Å²) < 4.78 is 47.3. The quantitative estimate of drug-likeness (QED) is 0.0600. The van der Waals surface area contributed by atoms with Gasteiger partial charge in [0, 0.05) is 63.8 Å². The van der Waals surface area contributed by atoms with Crippen LogP contribution >= 0.6 is 0 Å². The van der Waals surface area contributed by atoms with E-state index in [9.17, 15) is 19.2 Å². The van der Waals surface area contributed by atoms with Crippen LogP contribution in [0.4, 0.5) is 0 Å². The highest BCUT2D eigenvalue weighted by Gasteiger charge is 2.53. The Balaban J connectivity index is 0.000000372. The van der Waals surface area contributed by atoms with Crippen LogP contribution in [0.25, 0.3) is 0 Å². The van der Waals surface area contributed by atoms with Gasteiger partial charge in [-0.2, -0.15) is 5.10 Å². The number of benzene rings is 2. The fourth-order valence-electron chi connectivity index (χ4n) is 6.93. The van der Waals surface area contributed by atoms with Crippen LogP contribution in [0.3, 0.4) is 0 Å². The average Bonchev–Trinajstić information content (AvgIpc) is 3.87. The van der Waals surface area contributed by atoms with Gasteiger partial charge in [-0.3, -0.25) is 29.0 Å². The standard InChI is InChI=1S/C30H41N3O11.C16H23N3O/c1-15(2)25-23(13-21-8-9-22(12-16(21)3)38-11-10-31)29(33-32-25)44-30-28(42-20(7)37)27(41-19(6)36)26(40-18(5)35)24(43-30)14-39-17(4)34;1-13(2)16-8-10-18-19(16)12-14-4-6-15(7-5-14)20-11-3-9-17/h8-9,12,15,24,26-28,30H,10-11,13-14,31H2,1-7H3,(H,32,33);4-8,10,13H,3,9,11-12,17H2,1-2H3/t24-,26-,27+,28-,30+;/m1./s1. The van der Waals surface area contributed by atoms with Crippen LogP contribution in [0.1, 0.15) is 107 Å². The normalized spacial score (nSPS) is 18.1. The van der Waals surface area contributed by atoms with Crippen LogP contribution in [0.15, 0.2) is 54.7 Å². The van der Waals surface area contributed by atoms with E-state index >= 15 is 0 Å². The fourth-order valence-corrected chi connectivity index (χ4v) is 6.93. The molecule has 0 saturated carbocycles. The number of nitrogens with two attached hydrogens (primary N) is 2. The summed E-state index contributed by atoms with van der Waals surface area (Å²) in [5.74, 6) is -0.573. The summed E-state index contributed by atoms with van der Waals surface area (Å²) in [6, 6.07) is 16.0. The summed E-state index contributed by atoms with van der Waals surface area (Å²) in [7, 11) is 0. The summed E-state index contributed by atoms with van der Waals surface area (Å²) in [5, 5.41) is 11.8. The monoisotopic (exact) mass is 892 g/mol. The maximum Gasteiger partial charge on any atom is 0.303 e. The molecule has 2 aromatic heterocycles. The van der Waals surface area contributed by atoms with Gasteiger partial charge in [-0.1, -0.05) is 45.9 Å². The third-order valence-corrected chi connectivity index (χ3v) is 9.90. The molecule has 18 nitrogen and oxygen atoms in total. The lowest BCUT2D eigenvalue weighted by atomic mass is 9.96. The zero-order valence-electron chi connectivity index (χ0n) is 38.3. The van der Waals surface area contributed by atoms with Crippen molar-refractivity contribution in [2.45, 2.75) is 124 Å². The van der Waals surface area contributed by atoms with Crippen LogP contribution in [-0.4, -0.2) is 107 Å². The number of nitrogens with one attached hydrogen (secondary N) is 1. The fraction of sp³-hybridized carbons (Fsp3) is 0.522. The second-order valence-corrected chi connectivity index (χ2v) is 15.9. The Bertz CT molecular complexity index is 2120. The number of ether oxygens (including phenoxy) is 8. The minimum Gasteiger partial charge on any atom is -0.494 e. The summed E-state index contributed by atoms with van der Waals surface area (Å²) in [4.78, 5) is 48.0. The molecule has 0 spiro atoms. The van der Waals surface area contributed by atoms with Crippen LogP contribution in [0.5, 0.6) is 17.4 Å². The van der Waals surface area contributed by atoms with Crippen molar-refractivity contribution in [1.29, 1.82) is 0 Å². The topological polar surface area (TPSA) is 241 Å². The summed E-state index contributed by atoms with van der Waals surface area (Å²) >= 11 is 0. The van der Waals surface area contributed by atoms with Gasteiger partial charge in [-0.15, -0.1) is 5.10 Å². The van der Waals surface area contributed by atoms with E-state index in [1.165, 1.54) is 18.2 Å². The zero-order chi connectivity index (χ0) is 46.9. The number of esters is 4. The molecule has 1 aliphatic rings. The number of H-pyrrole nitrogens is 1. The van der Waals surface area contributed by atoms with Crippen molar-refractivity contribution in [2.75, 3.05) is 32.9 Å². The zero-order valence-corrected chi connectivity index (χ0v) is 38.3. The van der Waals surface area contributed by atoms with Crippen molar-refractivity contribution in [3.05, 3.63) is 88.4 Å². The first-order chi connectivity index (χ1) is 30.5. The van der Waals surface area contributed by atoms with Crippen LogP contribution in [0, 0.1) is 6.92 Å². The molecule has 64 heavy (non-hydrogen) atoms. The summed E-state index contributed by atoms with van der Waals surface area (Å²) in [6.45, 7) is 17.5. The van der Waals surface area contributed by atoms with Crippen molar-refractivity contribution in [1.82, 2.24) is 20.0 Å². The van der Waals surface area contributed by atoms with E-state index in [2.05, 4.69) is 52.0 Å². The van der Waals surface area contributed by atoms with Gasteiger partial charge in [-0.05, 0) is 78.7 Å². The molecule has 4 aromatic rings. The van der Waals surface area contributed by atoms with E-state index in [1.807, 2.05) is 57.3 Å². The van der Waals surface area contributed by atoms with Crippen molar-refractivity contribution < 1.29 is 57.1 Å². The van der Waals surface area contributed by atoms with E-state index in [-0.39, 0.29) is 18.4 Å². The molecule has 0 radical (unpaired) electrons. The molecule has 350 valence electrons. The number of aromatic nitrogens is 4. The highest BCUT2D eigenvalue weighted by atomic mass is 16.7. The number of aryl methyl sites for hydroxylation is 1. The van der Waals surface area contributed by atoms with Crippen molar-refractivity contribution >= 4 is 23.9 Å². The van der Waals surface area contributed by atoms with Crippen LogP contribution in [0.2, 0.25) is 0 Å². The Labute approximate surface area is 374 Å². The third-order valence-electron chi connectivity index (χ3n) is 9.90. The minimum absolute atomic E-state index is 0.0257. The number of carbonyl (C=O) groups excluding carboxylic acids is 4. The molecule has 0 bridgehead atoms. The van der Waals surface area contributed by atoms with Crippen molar-refractivity contribution in [2.24, 2.45) is 11.5 Å². The Morgan fingerprint density at radius 3 is 2.02 bits per heavy atom. The first-order valence-corrected chi connectivity index (χ1v) is 21.4. The second kappa shape index (κ2) is 24.8. The van der Waals surface area contributed by atoms with E-state index in [0.717, 1.165) is 56.3 Å². The van der Waals surface area contributed by atoms with Gasteiger partial charge in [0.1, 0.15) is 30.8 Å². The molecule has 1 aliphatic heterocycles. The van der Waals surface area contributed by atoms with Gasteiger partial charge in [0.25, 0.3) is 0 Å². The number of hydrogen-bond donors (Lipinski definition) is 3. The number of aromatic amines is 1. The van der Waals surface area contributed by atoms with Crippen LogP contribution in [-0.2, 0) is 55.8 Å². The molecule has 0 aliphatic carbocycles. The van der Waals surface area contributed by atoms with Gasteiger partial charge in [-0.25, -0.2) is 0 Å². The predicted molar refractivity (Wildman–Crippen MR) is 235 cm³/mol. The van der Waals surface area contributed by atoms with E-state index in [1.54, 1.807) is 0 Å². The summed E-state index contributed by atoms with van der Waals surface area (Å²) in [6.07, 6.45) is -3.46. The lowest BCUT2D eigenvalue weighted by Crippen LogP contribution is -2.63. The lowest BCUT2D eigenvalue weighted by Gasteiger charge is -2.43. The highest BCUT2D eigenvalue weighted by molar-refractivity contribution is 5.68. The smallest absolute Gasteiger partial charge is 0.303 e. The second-order valence-electron chi connectivity index (χ2n) is 15.9. The molecule has 2 aromatic carbocycles. The minimum atomic E-state index is -1.41. The Hall–Kier alpha value is -5.98. The predicted octanol–water partition coefficient (Wildman–Crippen LogP) is 5.01. The first kappa shape index (κ1) is 50.7. The molecule has 5 rings (SSSR count). The van der Waals surface area contributed by atoms with Gasteiger partial charge < -0.3 is 49.4 Å². The molecule has 18 heteroatoms. The van der Waals surface area contributed by atoms with Gasteiger partial charge in [0.2, 0.25) is 18.3 Å². The molecule has 5 N–H and O–H groups in total. The van der Waals surface area contributed by atoms with Gasteiger partial charge in [0.15, 0.2) is 12.2 Å². The molecular formula is C46H64N6O12. The molecule has 0 amide bonds. The SMILES string of the molecule is CC(=O)OC[C@H]1O[C@@H](Oc2n[nH]c(C(C)C)c2Cc2ccc(OCCN)cc2C)[C@H](OC(C)=O)[C@@H](OC(C)=O)[C@@H]1OC(C)=O.CC(C)c1ccnn1Cc1ccc(OCCCN)cc1. The molecule has 5 atom stereocenters. The average molecular weight is 893 g/mol. The maximum atomic E-state index is 12.2. The number of carbonyl (C=O) groups is 4. The van der Waals surface area contributed by atoms with Crippen molar-refractivity contribution in [3.8, 4) is 17.4 Å². The maximum absolute atomic E-state index is 12.2. The van der Waals surface area contributed by atoms with Gasteiger partial charge >= 0.3 is 23.9 Å². The number of hydrogen-bond acceptors (Lipinski definition) is 16. The Morgan fingerprint density at radius 2 is 1.42 bits per heavy atom. The van der Waals surface area contributed by atoms with E-state index < -0.39 is 54.6 Å². The van der Waals surface area contributed by atoms with Gasteiger partial charge in [0.05, 0.1) is 13.2 Å². The largest absolute Gasteiger partial charge is 0.494 e. The van der Waals surface area contributed by atoms with Crippen molar-refractivity contribution in [3.63, 3.8) is 0 Å². The van der Waals surface area contributed by atoms with Crippen LogP contribution < -0.4 is 25.7 Å². The Kier molecular flexibility index (Phi) is 19.6.